The number of hydrogen-bond acceptors (Lipinski definition) is 10. The topological polar surface area (TPSA) is 191 Å². The molecule has 0 unspecified atom stereocenters. The summed E-state index contributed by atoms with van der Waals surface area (Å²) >= 11 is 0. The molecule has 1 aliphatic carbocycles. The van der Waals surface area contributed by atoms with Crippen LogP contribution in [-0.4, -0.2) is 19.7 Å². The predicted molar refractivity (Wildman–Crippen MR) is 183 cm³/mol. The van der Waals surface area contributed by atoms with Gasteiger partial charge in [0.15, 0.2) is 0 Å². The molecule has 0 aliphatic heterocycles. The molecule has 14 heteroatoms. The molecule has 250 valence electrons. The third-order valence-electron chi connectivity index (χ3n) is 8.67. The van der Waals surface area contributed by atoms with Gasteiger partial charge < -0.3 is 9.47 Å². The Morgan fingerprint density at radius 1 is 0.373 bits per heavy atom. The quantitative estimate of drug-likeness (QED) is 0.0992. The van der Waals surface area contributed by atoms with E-state index in [0.29, 0.717) is 56.4 Å². The van der Waals surface area contributed by atoms with Gasteiger partial charge in [-0.3, -0.25) is 40.5 Å². The molecule has 0 aromatic heterocycles. The van der Waals surface area contributed by atoms with E-state index in [1.165, 1.54) is 72.8 Å². The fraction of sp³-hybridized carbons (Fsp3) is 0.0270. The highest BCUT2D eigenvalue weighted by Crippen LogP contribution is 2.57. The van der Waals surface area contributed by atoms with Crippen LogP contribution in [0, 0.1) is 40.5 Å². The van der Waals surface area contributed by atoms with E-state index in [4.69, 9.17) is 9.47 Å². The molecule has 0 radical (unpaired) electrons. The number of benzene rings is 6. The van der Waals surface area contributed by atoms with Crippen LogP contribution in [0.15, 0.2) is 133 Å². The van der Waals surface area contributed by atoms with Crippen LogP contribution in [0.1, 0.15) is 22.3 Å². The third kappa shape index (κ3) is 5.72. The Balaban J connectivity index is 1.38. The zero-order valence-electron chi connectivity index (χ0n) is 26.1. The Morgan fingerprint density at radius 3 is 0.941 bits per heavy atom. The molecule has 0 N–H and O–H groups in total. The van der Waals surface area contributed by atoms with Crippen LogP contribution in [0.5, 0.6) is 23.0 Å². The van der Waals surface area contributed by atoms with E-state index >= 15 is 0 Å². The number of nitrogens with zero attached hydrogens (tertiary/aromatic N) is 4. The SMILES string of the molecule is O=[N+]([O-])c1ccc(Oc2ccc(C3(c4ccc(Oc5ccc([N+](=O)[O-])cc5)cc4)c4cc([N+](=O)[O-])ccc4-c4ccc([N+](=O)[O-])cc43)cc2)cc1. The van der Waals surface area contributed by atoms with Crippen molar-refractivity contribution < 1.29 is 29.2 Å². The molecule has 1 aliphatic rings. The standard InChI is InChI=1S/C37H22N4O10/c42-38(43)25-5-15-31(16-6-25)50-29-11-1-23(2-12-29)37(24-3-13-30(14-4-24)51-32-17-7-26(8-18-32)39(44)45)35-21-27(40(46)47)9-19-33(35)34-20-10-28(41(48)49)22-36(34)37/h1-22H. The molecular weight excluding hydrogens is 660 g/mol. The van der Waals surface area contributed by atoms with Crippen molar-refractivity contribution in [3.63, 3.8) is 0 Å². The first-order valence-corrected chi connectivity index (χ1v) is 15.2. The summed E-state index contributed by atoms with van der Waals surface area (Å²) in [5.41, 5.74) is 1.78. The smallest absolute Gasteiger partial charge is 0.269 e. The van der Waals surface area contributed by atoms with Gasteiger partial charge in [0, 0.05) is 48.5 Å². The second kappa shape index (κ2) is 12.5. The molecule has 51 heavy (non-hydrogen) atoms. The molecule has 0 fully saturated rings. The number of fused-ring (bicyclic) bond motifs is 3. The lowest BCUT2D eigenvalue weighted by Gasteiger charge is -2.33. The molecule has 0 atom stereocenters. The average molecular weight is 683 g/mol. The molecule has 0 spiro atoms. The summed E-state index contributed by atoms with van der Waals surface area (Å²) in [4.78, 5) is 44.2. The first-order valence-electron chi connectivity index (χ1n) is 15.2. The lowest BCUT2D eigenvalue weighted by atomic mass is 9.67. The van der Waals surface area contributed by atoms with Crippen molar-refractivity contribution in [3.8, 4) is 34.1 Å². The second-order valence-corrected chi connectivity index (χ2v) is 11.5. The number of rotatable bonds is 10. The Labute approximate surface area is 287 Å². The van der Waals surface area contributed by atoms with Crippen molar-refractivity contribution >= 4 is 22.7 Å². The maximum Gasteiger partial charge on any atom is 0.269 e. The molecular formula is C37H22N4O10. The van der Waals surface area contributed by atoms with Gasteiger partial charge in [0.05, 0.1) is 25.1 Å². The lowest BCUT2D eigenvalue weighted by molar-refractivity contribution is -0.385. The number of non-ortho nitro benzene ring substituents is 4. The molecule has 6 aromatic carbocycles. The summed E-state index contributed by atoms with van der Waals surface area (Å²) in [5, 5.41) is 46.3. The van der Waals surface area contributed by atoms with Gasteiger partial charge >= 0.3 is 0 Å². The van der Waals surface area contributed by atoms with E-state index in [1.807, 2.05) is 0 Å². The Hall–Kier alpha value is -7.48. The maximum atomic E-state index is 12.1. The average Bonchev–Trinajstić information content (AvgIpc) is 3.42. The van der Waals surface area contributed by atoms with E-state index < -0.39 is 25.1 Å². The van der Waals surface area contributed by atoms with Crippen LogP contribution >= 0.6 is 0 Å². The van der Waals surface area contributed by atoms with Crippen LogP contribution in [-0.2, 0) is 5.41 Å². The third-order valence-corrected chi connectivity index (χ3v) is 8.67. The molecule has 0 saturated heterocycles. The summed E-state index contributed by atoms with van der Waals surface area (Å²) in [7, 11) is 0. The van der Waals surface area contributed by atoms with Crippen LogP contribution in [0.2, 0.25) is 0 Å². The number of ether oxygens (including phenoxy) is 2. The highest BCUT2D eigenvalue weighted by Gasteiger charge is 2.47. The number of nitro groups is 4. The summed E-state index contributed by atoms with van der Waals surface area (Å²) in [6.45, 7) is 0. The van der Waals surface area contributed by atoms with Gasteiger partial charge in [0.1, 0.15) is 23.0 Å². The Bertz CT molecular complexity index is 2190. The van der Waals surface area contributed by atoms with Crippen molar-refractivity contribution in [2.75, 3.05) is 0 Å². The van der Waals surface area contributed by atoms with Crippen molar-refractivity contribution in [1.29, 1.82) is 0 Å². The van der Waals surface area contributed by atoms with Gasteiger partial charge in [-0.05, 0) is 94.0 Å². The minimum Gasteiger partial charge on any atom is -0.457 e. The van der Waals surface area contributed by atoms with Crippen molar-refractivity contribution in [3.05, 3.63) is 196 Å². The summed E-state index contributed by atoms with van der Waals surface area (Å²) < 4.78 is 11.9. The highest BCUT2D eigenvalue weighted by atomic mass is 16.6. The van der Waals surface area contributed by atoms with Crippen molar-refractivity contribution in [2.24, 2.45) is 0 Å². The second-order valence-electron chi connectivity index (χ2n) is 11.5. The number of hydrogen-bond donors (Lipinski definition) is 0. The highest BCUT2D eigenvalue weighted by molar-refractivity contribution is 5.88. The molecule has 0 saturated carbocycles. The first-order chi connectivity index (χ1) is 24.5. The molecule has 7 rings (SSSR count). The van der Waals surface area contributed by atoms with Gasteiger partial charge in [-0.2, -0.15) is 0 Å². The van der Waals surface area contributed by atoms with Gasteiger partial charge in [-0.15, -0.1) is 0 Å². The Morgan fingerprint density at radius 2 is 0.647 bits per heavy atom. The van der Waals surface area contributed by atoms with Gasteiger partial charge in [-0.1, -0.05) is 24.3 Å². The fourth-order valence-corrected chi connectivity index (χ4v) is 6.41. The summed E-state index contributed by atoms with van der Waals surface area (Å²) in [6, 6.07) is 33.9. The Kier molecular flexibility index (Phi) is 7.88. The van der Waals surface area contributed by atoms with Crippen molar-refractivity contribution in [2.45, 2.75) is 5.41 Å². The molecule has 0 heterocycles. The predicted octanol–water partition coefficient (Wildman–Crippen LogP) is 9.27. The zero-order chi connectivity index (χ0) is 35.9. The van der Waals surface area contributed by atoms with E-state index in [1.54, 1.807) is 60.7 Å². The van der Waals surface area contributed by atoms with Crippen LogP contribution in [0.4, 0.5) is 22.7 Å². The molecule has 14 nitrogen and oxygen atoms in total. The van der Waals surface area contributed by atoms with Crippen LogP contribution in [0.25, 0.3) is 11.1 Å². The molecule has 6 aromatic rings. The monoisotopic (exact) mass is 682 g/mol. The molecule has 0 bridgehead atoms. The van der Waals surface area contributed by atoms with E-state index in [9.17, 15) is 40.5 Å². The largest absolute Gasteiger partial charge is 0.457 e. The summed E-state index contributed by atoms with van der Waals surface area (Å²) in [6.07, 6.45) is 0. The van der Waals surface area contributed by atoms with E-state index in [2.05, 4.69) is 0 Å². The molecule has 0 amide bonds. The minimum absolute atomic E-state index is 0.0921. The normalized spacial score (nSPS) is 12.3. The lowest BCUT2D eigenvalue weighted by Crippen LogP contribution is -2.28. The number of nitro benzene ring substituents is 4. The van der Waals surface area contributed by atoms with Crippen molar-refractivity contribution in [1.82, 2.24) is 0 Å². The zero-order valence-corrected chi connectivity index (χ0v) is 26.1. The fourth-order valence-electron chi connectivity index (χ4n) is 6.41. The van der Waals surface area contributed by atoms with Gasteiger partial charge in [0.2, 0.25) is 0 Å². The van der Waals surface area contributed by atoms with Crippen LogP contribution < -0.4 is 9.47 Å². The van der Waals surface area contributed by atoms with E-state index in [0.717, 1.165) is 0 Å². The van der Waals surface area contributed by atoms with Gasteiger partial charge in [0.25, 0.3) is 22.7 Å². The van der Waals surface area contributed by atoms with Crippen LogP contribution in [0.3, 0.4) is 0 Å². The first kappa shape index (κ1) is 32.1. The van der Waals surface area contributed by atoms with E-state index in [-0.39, 0.29) is 22.7 Å². The van der Waals surface area contributed by atoms with Gasteiger partial charge in [-0.25, -0.2) is 0 Å². The minimum atomic E-state index is -1.29. The maximum absolute atomic E-state index is 12.1. The summed E-state index contributed by atoms with van der Waals surface area (Å²) in [5.74, 6) is 1.50.